The lowest BCUT2D eigenvalue weighted by molar-refractivity contribution is 0.413. The van der Waals surface area contributed by atoms with Crippen LogP contribution in [0.25, 0.3) is 11.5 Å². The first-order valence-electron chi connectivity index (χ1n) is 4.31. The van der Waals surface area contributed by atoms with Crippen molar-refractivity contribution in [3.05, 3.63) is 30.2 Å². The summed E-state index contributed by atoms with van der Waals surface area (Å²) < 4.78 is 5.02. The topological polar surface area (TPSA) is 50.8 Å². The van der Waals surface area contributed by atoms with E-state index in [1.165, 1.54) is 0 Å². The molecule has 2 rings (SSSR count). The van der Waals surface area contributed by atoms with Crippen LogP contribution in [-0.4, -0.2) is 22.1 Å². The molecule has 0 fully saturated rings. The van der Waals surface area contributed by atoms with E-state index in [0.29, 0.717) is 0 Å². The maximum atomic E-state index is 5.02. The molecule has 0 aromatic carbocycles. The number of ether oxygens (including phenoxy) is 1. The van der Waals surface area contributed by atoms with E-state index in [1.807, 2.05) is 19.1 Å². The van der Waals surface area contributed by atoms with E-state index in [1.54, 1.807) is 19.5 Å². The number of aromatic amines is 1. The molecule has 2 aromatic heterocycles. The van der Waals surface area contributed by atoms with Crippen LogP contribution in [0.15, 0.2) is 24.5 Å². The highest BCUT2D eigenvalue weighted by Crippen LogP contribution is 2.15. The van der Waals surface area contributed by atoms with Crippen LogP contribution in [0.1, 0.15) is 5.69 Å². The Morgan fingerprint density at radius 1 is 1.21 bits per heavy atom. The Morgan fingerprint density at radius 3 is 2.57 bits per heavy atom. The van der Waals surface area contributed by atoms with Gasteiger partial charge in [-0.1, -0.05) is 0 Å². The van der Waals surface area contributed by atoms with Gasteiger partial charge in [-0.15, -0.1) is 0 Å². The number of imidazole rings is 1. The summed E-state index contributed by atoms with van der Waals surface area (Å²) in [7, 11) is 1.62. The Bertz CT molecular complexity index is 419. The zero-order valence-electron chi connectivity index (χ0n) is 8.11. The van der Waals surface area contributed by atoms with Gasteiger partial charge in [0.15, 0.2) is 5.82 Å². The largest absolute Gasteiger partial charge is 0.495 e. The fourth-order valence-electron chi connectivity index (χ4n) is 1.18. The summed E-state index contributed by atoms with van der Waals surface area (Å²) in [6.45, 7) is 1.96. The number of aryl methyl sites for hydroxylation is 1. The maximum absolute atomic E-state index is 5.02. The molecule has 0 aliphatic carbocycles. The van der Waals surface area contributed by atoms with Crippen LogP contribution in [0.3, 0.4) is 0 Å². The summed E-state index contributed by atoms with van der Waals surface area (Å²) in [5.41, 5.74) is 1.84. The van der Waals surface area contributed by atoms with Crippen LogP contribution >= 0.6 is 0 Å². The molecule has 0 spiro atoms. The first-order chi connectivity index (χ1) is 6.79. The van der Waals surface area contributed by atoms with Gasteiger partial charge < -0.3 is 9.72 Å². The molecule has 72 valence electrons. The Morgan fingerprint density at radius 2 is 2.07 bits per heavy atom. The zero-order valence-corrected chi connectivity index (χ0v) is 8.11. The van der Waals surface area contributed by atoms with Gasteiger partial charge in [-0.2, -0.15) is 0 Å². The molecule has 0 saturated heterocycles. The number of rotatable bonds is 2. The molecule has 2 aromatic rings. The molecule has 4 heteroatoms. The van der Waals surface area contributed by atoms with Crippen molar-refractivity contribution in [2.24, 2.45) is 0 Å². The highest BCUT2D eigenvalue weighted by molar-refractivity contribution is 5.50. The molecule has 0 aliphatic heterocycles. The number of hydrogen-bond acceptors (Lipinski definition) is 3. The molecule has 0 saturated carbocycles. The molecule has 0 bridgehead atoms. The summed E-state index contributed by atoms with van der Waals surface area (Å²) in [6.07, 6.45) is 3.45. The van der Waals surface area contributed by atoms with Crippen molar-refractivity contribution in [2.45, 2.75) is 6.92 Å². The number of methoxy groups -OCH3 is 1. The highest BCUT2D eigenvalue weighted by Gasteiger charge is 2.02. The highest BCUT2D eigenvalue weighted by atomic mass is 16.5. The van der Waals surface area contributed by atoms with Gasteiger partial charge in [0.25, 0.3) is 0 Å². The van der Waals surface area contributed by atoms with Crippen LogP contribution in [0.2, 0.25) is 0 Å². The molecular weight excluding hydrogens is 178 g/mol. The van der Waals surface area contributed by atoms with Gasteiger partial charge in [-0.05, 0) is 19.1 Å². The lowest BCUT2D eigenvalue weighted by Crippen LogP contribution is -1.88. The minimum absolute atomic E-state index is 0.747. The molecule has 0 aliphatic rings. The van der Waals surface area contributed by atoms with Gasteiger partial charge in [0.2, 0.25) is 0 Å². The quantitative estimate of drug-likeness (QED) is 0.783. The number of aromatic nitrogens is 3. The third-order valence-electron chi connectivity index (χ3n) is 1.92. The van der Waals surface area contributed by atoms with E-state index in [9.17, 15) is 0 Å². The summed E-state index contributed by atoms with van der Waals surface area (Å²) >= 11 is 0. The van der Waals surface area contributed by atoms with Crippen molar-refractivity contribution in [1.82, 2.24) is 15.0 Å². The van der Waals surface area contributed by atoms with Crippen LogP contribution in [0.4, 0.5) is 0 Å². The van der Waals surface area contributed by atoms with Crippen LogP contribution in [0.5, 0.6) is 5.75 Å². The molecule has 2 heterocycles. The van der Waals surface area contributed by atoms with Gasteiger partial charge in [0.1, 0.15) is 11.4 Å². The standard InChI is InChI=1S/C10H11N3O/c1-7-5-12-10(13-7)9-4-3-8(14-2)6-11-9/h3-6H,1-2H3,(H,12,13). The predicted octanol–water partition coefficient (Wildman–Crippen LogP) is 1.79. The first-order valence-corrected chi connectivity index (χ1v) is 4.31. The predicted molar refractivity (Wildman–Crippen MR) is 53.1 cm³/mol. The van der Waals surface area contributed by atoms with E-state index in [-0.39, 0.29) is 0 Å². The van der Waals surface area contributed by atoms with Gasteiger partial charge in [-0.3, -0.25) is 0 Å². The van der Waals surface area contributed by atoms with Crippen molar-refractivity contribution in [1.29, 1.82) is 0 Å². The number of nitrogens with one attached hydrogen (secondary N) is 1. The molecule has 0 amide bonds. The molecule has 4 nitrogen and oxygen atoms in total. The fraction of sp³-hybridized carbons (Fsp3) is 0.200. The number of pyridine rings is 1. The summed E-state index contributed by atoms with van der Waals surface area (Å²) in [5, 5.41) is 0. The smallest absolute Gasteiger partial charge is 0.156 e. The molecule has 0 radical (unpaired) electrons. The second-order valence-corrected chi connectivity index (χ2v) is 3.00. The van der Waals surface area contributed by atoms with E-state index in [0.717, 1.165) is 23.0 Å². The van der Waals surface area contributed by atoms with Crippen LogP contribution in [0, 0.1) is 6.92 Å². The van der Waals surface area contributed by atoms with Gasteiger partial charge in [0, 0.05) is 11.9 Å². The van der Waals surface area contributed by atoms with Gasteiger partial charge >= 0.3 is 0 Å². The average molecular weight is 189 g/mol. The second kappa shape index (κ2) is 3.49. The minimum Gasteiger partial charge on any atom is -0.495 e. The zero-order chi connectivity index (χ0) is 9.97. The lowest BCUT2D eigenvalue weighted by atomic mass is 10.3. The number of nitrogens with zero attached hydrogens (tertiary/aromatic N) is 2. The maximum Gasteiger partial charge on any atom is 0.156 e. The number of H-pyrrole nitrogens is 1. The SMILES string of the molecule is COc1ccc(-c2ncc(C)[nH]2)nc1. The average Bonchev–Trinajstić information content (AvgIpc) is 2.65. The monoisotopic (exact) mass is 189 g/mol. The minimum atomic E-state index is 0.747. The van der Waals surface area contributed by atoms with E-state index >= 15 is 0 Å². The Labute approximate surface area is 82.0 Å². The van der Waals surface area contributed by atoms with E-state index in [4.69, 9.17) is 4.74 Å². The second-order valence-electron chi connectivity index (χ2n) is 3.00. The first kappa shape index (κ1) is 8.74. The van der Waals surface area contributed by atoms with Crippen LogP contribution < -0.4 is 4.74 Å². The Hall–Kier alpha value is -1.84. The lowest BCUT2D eigenvalue weighted by Gasteiger charge is -1.99. The normalized spacial score (nSPS) is 10.1. The molecular formula is C10H11N3O. The van der Waals surface area contributed by atoms with Gasteiger partial charge in [-0.25, -0.2) is 9.97 Å². The van der Waals surface area contributed by atoms with E-state index in [2.05, 4.69) is 15.0 Å². The molecule has 14 heavy (non-hydrogen) atoms. The van der Waals surface area contributed by atoms with Crippen molar-refractivity contribution >= 4 is 0 Å². The van der Waals surface area contributed by atoms with Crippen molar-refractivity contribution in [3.63, 3.8) is 0 Å². The molecule has 0 unspecified atom stereocenters. The Balaban J connectivity index is 2.33. The summed E-state index contributed by atoms with van der Waals surface area (Å²) in [5.74, 6) is 1.53. The van der Waals surface area contributed by atoms with Crippen molar-refractivity contribution in [2.75, 3.05) is 7.11 Å². The molecule has 1 N–H and O–H groups in total. The molecule has 0 atom stereocenters. The third-order valence-corrected chi connectivity index (χ3v) is 1.92. The van der Waals surface area contributed by atoms with Crippen molar-refractivity contribution in [3.8, 4) is 17.3 Å². The summed E-state index contributed by atoms with van der Waals surface area (Å²) in [4.78, 5) is 11.5. The third kappa shape index (κ3) is 1.59. The van der Waals surface area contributed by atoms with E-state index < -0.39 is 0 Å². The van der Waals surface area contributed by atoms with Gasteiger partial charge in [0.05, 0.1) is 13.3 Å². The fourth-order valence-corrected chi connectivity index (χ4v) is 1.18. The van der Waals surface area contributed by atoms with Crippen LogP contribution in [-0.2, 0) is 0 Å². The number of hydrogen-bond donors (Lipinski definition) is 1. The van der Waals surface area contributed by atoms with Crippen molar-refractivity contribution < 1.29 is 4.74 Å². The Kier molecular flexibility index (Phi) is 2.18. The summed E-state index contributed by atoms with van der Waals surface area (Å²) in [6, 6.07) is 3.73.